The molecule has 0 unspecified atom stereocenters. The number of hydrogen-bond acceptors (Lipinski definition) is 2. The summed E-state index contributed by atoms with van der Waals surface area (Å²) in [6.07, 6.45) is 0. The summed E-state index contributed by atoms with van der Waals surface area (Å²) in [5.41, 5.74) is 3.99. The molecule has 0 aliphatic heterocycles. The first-order valence-corrected chi connectivity index (χ1v) is 5.41. The Morgan fingerprint density at radius 3 is 2.24 bits per heavy atom. The number of benzene rings is 2. The lowest BCUT2D eigenvalue weighted by molar-refractivity contribution is -0.385. The fourth-order valence-corrected chi connectivity index (χ4v) is 1.99. The smallest absolute Gasteiger partial charge is 0.258 e. The summed E-state index contributed by atoms with van der Waals surface area (Å²) >= 11 is 0. The van der Waals surface area contributed by atoms with E-state index in [-0.39, 0.29) is 10.6 Å². The van der Waals surface area contributed by atoms with Crippen molar-refractivity contribution in [3.05, 3.63) is 63.7 Å². The average molecular weight is 227 g/mol. The number of rotatable bonds is 2. The number of nitrogens with zero attached hydrogens (tertiary/aromatic N) is 1. The molecule has 17 heavy (non-hydrogen) atoms. The minimum absolute atomic E-state index is 0.172. The molecule has 3 heteroatoms. The summed E-state index contributed by atoms with van der Waals surface area (Å²) in [6.45, 7) is 3.80. The van der Waals surface area contributed by atoms with Gasteiger partial charge < -0.3 is 0 Å². The van der Waals surface area contributed by atoms with Gasteiger partial charge in [-0.05, 0) is 30.5 Å². The largest absolute Gasteiger partial charge is 0.272 e. The Morgan fingerprint density at radius 2 is 1.59 bits per heavy atom. The third kappa shape index (κ3) is 2.04. The predicted octanol–water partition coefficient (Wildman–Crippen LogP) is 3.88. The minimum atomic E-state index is -0.336. The quantitative estimate of drug-likeness (QED) is 0.577. The van der Waals surface area contributed by atoms with Gasteiger partial charge in [0.05, 0.1) is 4.92 Å². The van der Waals surface area contributed by atoms with Crippen LogP contribution in [0.4, 0.5) is 5.69 Å². The zero-order chi connectivity index (χ0) is 12.4. The van der Waals surface area contributed by atoms with Crippen LogP contribution in [0.25, 0.3) is 11.1 Å². The highest BCUT2D eigenvalue weighted by Gasteiger charge is 2.14. The van der Waals surface area contributed by atoms with Gasteiger partial charge in [-0.15, -0.1) is 0 Å². The summed E-state index contributed by atoms with van der Waals surface area (Å²) in [5.74, 6) is 0. The summed E-state index contributed by atoms with van der Waals surface area (Å²) < 4.78 is 0. The van der Waals surface area contributed by atoms with Crippen LogP contribution < -0.4 is 0 Å². The van der Waals surface area contributed by atoms with E-state index in [2.05, 4.69) is 0 Å². The Labute approximate surface area is 99.9 Å². The number of hydrogen-bond donors (Lipinski definition) is 0. The molecule has 0 N–H and O–H groups in total. The molecule has 0 bridgehead atoms. The number of nitro groups is 1. The molecule has 0 spiro atoms. The van der Waals surface area contributed by atoms with E-state index in [1.165, 1.54) is 6.07 Å². The lowest BCUT2D eigenvalue weighted by Gasteiger charge is -2.09. The van der Waals surface area contributed by atoms with E-state index in [0.29, 0.717) is 5.56 Å². The second-order valence-corrected chi connectivity index (χ2v) is 4.02. The van der Waals surface area contributed by atoms with Gasteiger partial charge in [-0.3, -0.25) is 10.1 Å². The molecule has 0 radical (unpaired) electrons. The van der Waals surface area contributed by atoms with Gasteiger partial charge in [0.2, 0.25) is 0 Å². The maximum absolute atomic E-state index is 10.9. The molecule has 3 nitrogen and oxygen atoms in total. The van der Waals surface area contributed by atoms with Crippen molar-refractivity contribution in [2.45, 2.75) is 13.8 Å². The van der Waals surface area contributed by atoms with Crippen molar-refractivity contribution in [3.8, 4) is 11.1 Å². The SMILES string of the molecule is Cc1ccccc1-c1cccc([N+](=O)[O-])c1C. The van der Waals surface area contributed by atoms with Gasteiger partial charge in [-0.1, -0.05) is 36.4 Å². The molecular weight excluding hydrogens is 214 g/mol. The highest BCUT2D eigenvalue weighted by Crippen LogP contribution is 2.31. The second-order valence-electron chi connectivity index (χ2n) is 4.02. The summed E-state index contributed by atoms with van der Waals surface area (Å²) in [4.78, 5) is 10.6. The molecular formula is C14H13NO2. The second kappa shape index (κ2) is 4.37. The minimum Gasteiger partial charge on any atom is -0.258 e. The van der Waals surface area contributed by atoms with Gasteiger partial charge >= 0.3 is 0 Å². The fraction of sp³-hybridized carbons (Fsp3) is 0.143. The summed E-state index contributed by atoms with van der Waals surface area (Å²) in [5, 5.41) is 10.9. The van der Waals surface area contributed by atoms with E-state index < -0.39 is 0 Å². The Kier molecular flexibility index (Phi) is 2.91. The molecule has 2 aromatic rings. The van der Waals surface area contributed by atoms with Crippen LogP contribution >= 0.6 is 0 Å². The Balaban J connectivity index is 2.65. The van der Waals surface area contributed by atoms with Gasteiger partial charge in [0, 0.05) is 11.6 Å². The van der Waals surface area contributed by atoms with Crippen molar-refractivity contribution < 1.29 is 4.92 Å². The predicted molar refractivity (Wildman–Crippen MR) is 68.0 cm³/mol. The van der Waals surface area contributed by atoms with Gasteiger partial charge in [0.25, 0.3) is 5.69 Å². The molecule has 86 valence electrons. The van der Waals surface area contributed by atoms with E-state index >= 15 is 0 Å². The Morgan fingerprint density at radius 1 is 0.941 bits per heavy atom. The van der Waals surface area contributed by atoms with Crippen molar-refractivity contribution in [1.29, 1.82) is 0 Å². The summed E-state index contributed by atoms with van der Waals surface area (Å²) in [7, 11) is 0. The van der Waals surface area contributed by atoms with Gasteiger partial charge in [0.15, 0.2) is 0 Å². The first kappa shape index (κ1) is 11.3. The zero-order valence-electron chi connectivity index (χ0n) is 9.81. The van der Waals surface area contributed by atoms with Gasteiger partial charge in [-0.2, -0.15) is 0 Å². The normalized spacial score (nSPS) is 10.2. The van der Waals surface area contributed by atoms with Crippen LogP contribution in [0.3, 0.4) is 0 Å². The number of aryl methyl sites for hydroxylation is 1. The van der Waals surface area contributed by atoms with Crippen LogP contribution in [-0.4, -0.2) is 4.92 Å². The van der Waals surface area contributed by atoms with Crippen molar-refractivity contribution in [3.63, 3.8) is 0 Å². The lowest BCUT2D eigenvalue weighted by Crippen LogP contribution is -1.94. The average Bonchev–Trinajstić information content (AvgIpc) is 2.30. The highest BCUT2D eigenvalue weighted by molar-refractivity contribution is 5.73. The van der Waals surface area contributed by atoms with Crippen LogP contribution in [0.2, 0.25) is 0 Å². The molecule has 0 aromatic heterocycles. The highest BCUT2D eigenvalue weighted by atomic mass is 16.6. The zero-order valence-corrected chi connectivity index (χ0v) is 9.81. The monoisotopic (exact) mass is 227 g/mol. The van der Waals surface area contributed by atoms with Crippen molar-refractivity contribution >= 4 is 5.69 Å². The van der Waals surface area contributed by atoms with E-state index in [9.17, 15) is 10.1 Å². The van der Waals surface area contributed by atoms with E-state index in [0.717, 1.165) is 16.7 Å². The Hall–Kier alpha value is -2.16. The number of nitro benzene ring substituents is 1. The molecule has 0 amide bonds. The molecule has 2 rings (SSSR count). The topological polar surface area (TPSA) is 43.1 Å². The van der Waals surface area contributed by atoms with Gasteiger partial charge in [-0.25, -0.2) is 0 Å². The third-order valence-corrected chi connectivity index (χ3v) is 2.94. The maximum Gasteiger partial charge on any atom is 0.272 e. The van der Waals surface area contributed by atoms with Crippen molar-refractivity contribution in [2.24, 2.45) is 0 Å². The van der Waals surface area contributed by atoms with Gasteiger partial charge in [0.1, 0.15) is 0 Å². The molecule has 2 aromatic carbocycles. The van der Waals surface area contributed by atoms with E-state index in [1.54, 1.807) is 13.0 Å². The molecule has 0 saturated carbocycles. The molecule has 0 aliphatic rings. The molecule has 0 heterocycles. The molecule has 0 fully saturated rings. The molecule has 0 atom stereocenters. The van der Waals surface area contributed by atoms with Crippen LogP contribution in [0.15, 0.2) is 42.5 Å². The third-order valence-electron chi connectivity index (χ3n) is 2.94. The first-order valence-electron chi connectivity index (χ1n) is 5.41. The van der Waals surface area contributed by atoms with Crippen molar-refractivity contribution in [2.75, 3.05) is 0 Å². The van der Waals surface area contributed by atoms with Crippen LogP contribution in [0.5, 0.6) is 0 Å². The molecule has 0 saturated heterocycles. The molecule has 0 aliphatic carbocycles. The van der Waals surface area contributed by atoms with Crippen LogP contribution in [0, 0.1) is 24.0 Å². The Bertz CT molecular complexity index is 576. The fourth-order valence-electron chi connectivity index (χ4n) is 1.99. The lowest BCUT2D eigenvalue weighted by atomic mass is 9.96. The maximum atomic E-state index is 10.9. The van der Waals surface area contributed by atoms with E-state index in [1.807, 2.05) is 37.3 Å². The standard InChI is InChI=1S/C14H13NO2/c1-10-6-3-4-7-12(10)13-8-5-9-14(11(13)2)15(16)17/h3-9H,1-2H3. The van der Waals surface area contributed by atoms with Crippen LogP contribution in [0.1, 0.15) is 11.1 Å². The van der Waals surface area contributed by atoms with E-state index in [4.69, 9.17) is 0 Å². The first-order chi connectivity index (χ1) is 8.11. The summed E-state index contributed by atoms with van der Waals surface area (Å²) in [6, 6.07) is 13.1. The van der Waals surface area contributed by atoms with Crippen LogP contribution in [-0.2, 0) is 0 Å². The van der Waals surface area contributed by atoms with Crippen molar-refractivity contribution in [1.82, 2.24) is 0 Å².